The molecule has 0 saturated heterocycles. The molecule has 0 heterocycles. The maximum Gasteiger partial charge on any atom is 0.244 e. The van der Waals surface area contributed by atoms with Crippen molar-refractivity contribution in [3.05, 3.63) is 18.2 Å². The molecule has 0 aliphatic heterocycles. The summed E-state index contributed by atoms with van der Waals surface area (Å²) >= 11 is 0. The fourth-order valence-electron chi connectivity index (χ4n) is 1.52. The first-order valence-electron chi connectivity index (χ1n) is 6.98. The number of methoxy groups -OCH3 is 1. The summed E-state index contributed by atoms with van der Waals surface area (Å²) in [7, 11) is 1.55. The van der Waals surface area contributed by atoms with Crippen molar-refractivity contribution in [2.45, 2.75) is 33.6 Å². The predicted molar refractivity (Wildman–Crippen MR) is 81.4 cm³/mol. The lowest BCUT2D eigenvalue weighted by atomic mass is 9.94. The molecule has 0 bridgehead atoms. The normalized spacial score (nSPS) is 10.6. The molecule has 0 atom stereocenters. The molecule has 0 unspecified atom stereocenters. The number of carbonyl (C=O) groups excluding carboxylic acids is 1. The largest absolute Gasteiger partial charge is 0.497 e. The fraction of sp³-hybridized carbons (Fsp3) is 0.500. The number of rotatable bonds is 7. The fourth-order valence-corrected chi connectivity index (χ4v) is 1.52. The van der Waals surface area contributed by atoms with Gasteiger partial charge in [-0.3, -0.25) is 4.79 Å². The number of nitrogens with one attached hydrogen (secondary N) is 1. The third-order valence-corrected chi connectivity index (χ3v) is 3.04. The number of anilines is 1. The highest BCUT2D eigenvalue weighted by molar-refractivity contribution is 5.97. The van der Waals surface area contributed by atoms with Gasteiger partial charge in [0, 0.05) is 6.07 Å². The molecule has 1 aromatic rings. The van der Waals surface area contributed by atoms with Crippen molar-refractivity contribution >= 4 is 11.6 Å². The van der Waals surface area contributed by atoms with E-state index in [0.29, 0.717) is 23.8 Å². The maximum absolute atomic E-state index is 12.1. The summed E-state index contributed by atoms with van der Waals surface area (Å²) in [5.41, 5.74) is -0.595. The molecule has 21 heavy (non-hydrogen) atoms. The highest BCUT2D eigenvalue weighted by Crippen LogP contribution is 2.31. The Kier molecular flexibility index (Phi) is 6.04. The molecular weight excluding hydrogens is 268 g/mol. The average molecular weight is 290 g/mol. The van der Waals surface area contributed by atoms with Gasteiger partial charge in [-0.2, -0.15) is 5.26 Å². The SMILES string of the molecule is CCCCOc1ccc(OC)cc1NC(=O)C(C)(C)C#N. The summed E-state index contributed by atoms with van der Waals surface area (Å²) < 4.78 is 10.8. The van der Waals surface area contributed by atoms with Gasteiger partial charge in [-0.25, -0.2) is 0 Å². The van der Waals surface area contributed by atoms with Crippen LogP contribution in [0, 0.1) is 16.7 Å². The van der Waals surface area contributed by atoms with Gasteiger partial charge in [-0.05, 0) is 32.4 Å². The van der Waals surface area contributed by atoms with Crippen molar-refractivity contribution in [1.29, 1.82) is 5.26 Å². The average Bonchev–Trinajstić information content (AvgIpc) is 2.48. The minimum atomic E-state index is -1.11. The Hall–Kier alpha value is -2.22. The summed E-state index contributed by atoms with van der Waals surface area (Å²) in [6.07, 6.45) is 1.96. The number of nitrogens with zero attached hydrogens (tertiary/aromatic N) is 1. The Balaban J connectivity index is 2.96. The Labute approximate surface area is 125 Å². The summed E-state index contributed by atoms with van der Waals surface area (Å²) in [4.78, 5) is 12.1. The third kappa shape index (κ3) is 4.67. The maximum atomic E-state index is 12.1. The number of unbranched alkanes of at least 4 members (excludes halogenated alkanes) is 1. The molecule has 114 valence electrons. The summed E-state index contributed by atoms with van der Waals surface area (Å²) in [6, 6.07) is 7.19. The molecule has 0 aromatic heterocycles. The van der Waals surface area contributed by atoms with Gasteiger partial charge in [0.2, 0.25) is 5.91 Å². The number of nitriles is 1. The number of hydrogen-bond donors (Lipinski definition) is 1. The van der Waals surface area contributed by atoms with E-state index >= 15 is 0 Å². The second kappa shape index (κ2) is 7.53. The van der Waals surface area contributed by atoms with Crippen LogP contribution in [0.1, 0.15) is 33.6 Å². The quantitative estimate of drug-likeness (QED) is 0.782. The second-order valence-corrected chi connectivity index (χ2v) is 5.26. The van der Waals surface area contributed by atoms with Crippen molar-refractivity contribution in [1.82, 2.24) is 0 Å². The van der Waals surface area contributed by atoms with Crippen LogP contribution >= 0.6 is 0 Å². The molecule has 1 aromatic carbocycles. The molecule has 0 radical (unpaired) electrons. The van der Waals surface area contributed by atoms with Gasteiger partial charge in [0.1, 0.15) is 16.9 Å². The predicted octanol–water partition coefficient (Wildman–Crippen LogP) is 3.36. The molecule has 1 rings (SSSR count). The van der Waals surface area contributed by atoms with E-state index in [-0.39, 0.29) is 5.91 Å². The first kappa shape index (κ1) is 16.8. The van der Waals surface area contributed by atoms with Gasteiger partial charge in [-0.15, -0.1) is 0 Å². The standard InChI is InChI=1S/C16H22N2O3/c1-5-6-9-21-14-8-7-12(20-4)10-13(14)18-15(19)16(2,3)11-17/h7-8,10H,5-6,9H2,1-4H3,(H,18,19). The van der Waals surface area contributed by atoms with Crippen LogP contribution in [0.15, 0.2) is 18.2 Å². The molecule has 0 fully saturated rings. The molecular formula is C16H22N2O3. The molecule has 0 aliphatic rings. The van der Waals surface area contributed by atoms with E-state index in [2.05, 4.69) is 12.2 Å². The van der Waals surface area contributed by atoms with Crippen molar-refractivity contribution < 1.29 is 14.3 Å². The Morgan fingerprint density at radius 1 is 1.43 bits per heavy atom. The van der Waals surface area contributed by atoms with Crippen LogP contribution < -0.4 is 14.8 Å². The first-order chi connectivity index (χ1) is 9.94. The van der Waals surface area contributed by atoms with E-state index in [1.807, 2.05) is 6.07 Å². The molecule has 0 spiro atoms. The van der Waals surface area contributed by atoms with Gasteiger partial charge in [0.05, 0.1) is 25.5 Å². The summed E-state index contributed by atoms with van der Waals surface area (Å²) in [5.74, 6) is 0.813. The lowest BCUT2D eigenvalue weighted by Gasteiger charge is -2.18. The molecule has 5 nitrogen and oxygen atoms in total. The zero-order valence-corrected chi connectivity index (χ0v) is 13.0. The minimum Gasteiger partial charge on any atom is -0.497 e. The molecule has 0 aliphatic carbocycles. The van der Waals surface area contributed by atoms with Crippen molar-refractivity contribution in [2.24, 2.45) is 5.41 Å². The summed E-state index contributed by atoms with van der Waals surface area (Å²) in [5, 5.41) is 11.8. The minimum absolute atomic E-state index is 0.376. The van der Waals surface area contributed by atoms with E-state index in [1.165, 1.54) is 0 Å². The second-order valence-electron chi connectivity index (χ2n) is 5.26. The number of benzene rings is 1. The number of ether oxygens (including phenoxy) is 2. The smallest absolute Gasteiger partial charge is 0.244 e. The Morgan fingerprint density at radius 3 is 2.71 bits per heavy atom. The van der Waals surface area contributed by atoms with Crippen molar-refractivity contribution in [3.8, 4) is 17.6 Å². The Bertz CT molecular complexity index is 533. The van der Waals surface area contributed by atoms with E-state index in [4.69, 9.17) is 14.7 Å². The van der Waals surface area contributed by atoms with Crippen LogP contribution in [0.4, 0.5) is 5.69 Å². The monoisotopic (exact) mass is 290 g/mol. The van der Waals surface area contributed by atoms with Crippen LogP contribution in [0.2, 0.25) is 0 Å². The molecule has 1 N–H and O–H groups in total. The highest BCUT2D eigenvalue weighted by Gasteiger charge is 2.28. The van der Waals surface area contributed by atoms with Gasteiger partial charge in [0.15, 0.2) is 0 Å². The van der Waals surface area contributed by atoms with E-state index in [0.717, 1.165) is 12.8 Å². The van der Waals surface area contributed by atoms with Crippen LogP contribution in [0.5, 0.6) is 11.5 Å². The summed E-state index contributed by atoms with van der Waals surface area (Å²) in [6.45, 7) is 5.79. The third-order valence-electron chi connectivity index (χ3n) is 3.04. The molecule has 1 amide bonds. The van der Waals surface area contributed by atoms with Crippen LogP contribution in [-0.4, -0.2) is 19.6 Å². The highest BCUT2D eigenvalue weighted by atomic mass is 16.5. The molecule has 0 saturated carbocycles. The van der Waals surface area contributed by atoms with Crippen molar-refractivity contribution in [3.63, 3.8) is 0 Å². The lowest BCUT2D eigenvalue weighted by Crippen LogP contribution is -2.29. The van der Waals surface area contributed by atoms with E-state index in [1.54, 1.807) is 39.2 Å². The van der Waals surface area contributed by atoms with Crippen molar-refractivity contribution in [2.75, 3.05) is 19.0 Å². The number of carbonyl (C=O) groups is 1. The van der Waals surface area contributed by atoms with Crippen LogP contribution in [0.3, 0.4) is 0 Å². The van der Waals surface area contributed by atoms with Crippen LogP contribution in [0.25, 0.3) is 0 Å². The zero-order valence-electron chi connectivity index (χ0n) is 13.0. The van der Waals surface area contributed by atoms with Gasteiger partial charge < -0.3 is 14.8 Å². The number of hydrogen-bond acceptors (Lipinski definition) is 4. The van der Waals surface area contributed by atoms with Crippen LogP contribution in [-0.2, 0) is 4.79 Å². The Morgan fingerprint density at radius 2 is 2.14 bits per heavy atom. The van der Waals surface area contributed by atoms with E-state index < -0.39 is 5.41 Å². The lowest BCUT2D eigenvalue weighted by molar-refractivity contribution is -0.121. The zero-order chi connectivity index (χ0) is 15.9. The topological polar surface area (TPSA) is 71.3 Å². The first-order valence-corrected chi connectivity index (χ1v) is 6.98. The van der Waals surface area contributed by atoms with Gasteiger partial charge in [0.25, 0.3) is 0 Å². The number of amides is 1. The molecule has 5 heteroatoms. The van der Waals surface area contributed by atoms with Gasteiger partial charge >= 0.3 is 0 Å². The van der Waals surface area contributed by atoms with Gasteiger partial charge in [-0.1, -0.05) is 13.3 Å². The van der Waals surface area contributed by atoms with E-state index in [9.17, 15) is 4.79 Å².